The molecule has 0 saturated carbocycles. The number of ketones is 1. The molecule has 9 heteroatoms. The number of unbranched alkanes of at least 4 members (excludes halogenated alkanes) is 2. The molecule has 0 aliphatic carbocycles. The molecule has 0 heterocycles. The Morgan fingerprint density at radius 1 is 1.20 bits per heavy atom. The van der Waals surface area contributed by atoms with E-state index in [2.05, 4.69) is 10.0 Å². The average molecular weight is 372 g/mol. The van der Waals surface area contributed by atoms with Crippen molar-refractivity contribution in [2.75, 3.05) is 30.7 Å². The second kappa shape index (κ2) is 10.7. The van der Waals surface area contributed by atoms with Gasteiger partial charge >= 0.3 is 6.09 Å². The minimum atomic E-state index is -3.48. The van der Waals surface area contributed by atoms with Crippen molar-refractivity contribution in [3.05, 3.63) is 29.8 Å². The highest BCUT2D eigenvalue weighted by Gasteiger charge is 2.12. The second-order valence-electron chi connectivity index (χ2n) is 5.46. The molecule has 0 aromatic heterocycles. The van der Waals surface area contributed by atoms with Crippen LogP contribution in [0.5, 0.6) is 0 Å². The predicted octanol–water partition coefficient (Wildman–Crippen LogP) is 2.09. The first-order chi connectivity index (χ1) is 11.8. The van der Waals surface area contributed by atoms with Crippen LogP contribution in [0.4, 0.5) is 10.5 Å². The molecule has 0 atom stereocenters. The van der Waals surface area contributed by atoms with Gasteiger partial charge in [-0.1, -0.05) is 18.6 Å². The summed E-state index contributed by atoms with van der Waals surface area (Å²) in [5.74, 6) is -0.272. The zero-order valence-corrected chi connectivity index (χ0v) is 15.0. The van der Waals surface area contributed by atoms with Gasteiger partial charge in [0.15, 0.2) is 5.78 Å². The summed E-state index contributed by atoms with van der Waals surface area (Å²) in [7, 11) is -1.88. The molecule has 0 aliphatic heterocycles. The van der Waals surface area contributed by atoms with E-state index in [1.54, 1.807) is 25.3 Å². The van der Waals surface area contributed by atoms with Crippen LogP contribution in [0.3, 0.4) is 0 Å². The lowest BCUT2D eigenvalue weighted by Gasteiger charge is -2.09. The molecule has 0 unspecified atom stereocenters. The molecule has 0 bridgehead atoms. The quantitative estimate of drug-likeness (QED) is 0.381. The first-order valence-electron chi connectivity index (χ1n) is 7.93. The van der Waals surface area contributed by atoms with Crippen LogP contribution in [-0.4, -0.2) is 51.4 Å². The van der Waals surface area contributed by atoms with E-state index >= 15 is 0 Å². The average Bonchev–Trinajstić information content (AvgIpc) is 2.54. The summed E-state index contributed by atoms with van der Waals surface area (Å²) in [6, 6.07) is 6.15. The van der Waals surface area contributed by atoms with Crippen LogP contribution >= 0.6 is 0 Å². The third-order valence-electron chi connectivity index (χ3n) is 3.35. The Bertz CT molecular complexity index is 675. The van der Waals surface area contributed by atoms with E-state index in [4.69, 9.17) is 9.84 Å². The van der Waals surface area contributed by atoms with E-state index in [9.17, 15) is 18.0 Å². The first-order valence-corrected chi connectivity index (χ1v) is 9.59. The highest BCUT2D eigenvalue weighted by atomic mass is 32.2. The van der Waals surface area contributed by atoms with E-state index in [1.165, 1.54) is 6.07 Å². The van der Waals surface area contributed by atoms with E-state index < -0.39 is 16.1 Å². The number of ether oxygens (including phenoxy) is 1. The highest BCUT2D eigenvalue weighted by molar-refractivity contribution is 7.92. The number of rotatable bonds is 12. The Kier molecular flexibility index (Phi) is 8.93. The molecule has 1 aromatic rings. The number of carbonyl (C=O) groups excluding carboxylic acids is 1. The van der Waals surface area contributed by atoms with Gasteiger partial charge in [-0.15, -0.1) is 0 Å². The van der Waals surface area contributed by atoms with Crippen LogP contribution in [0, 0.1) is 0 Å². The molecule has 3 N–H and O–H groups in total. The minimum Gasteiger partial charge on any atom is -0.465 e. The summed E-state index contributed by atoms with van der Waals surface area (Å²) in [5.41, 5.74) is 0.640. The summed E-state index contributed by atoms with van der Waals surface area (Å²) in [6.07, 6.45) is 0.893. The van der Waals surface area contributed by atoms with E-state index in [0.29, 0.717) is 24.3 Å². The van der Waals surface area contributed by atoms with Crippen LogP contribution in [-0.2, 0) is 14.8 Å². The molecule has 0 fully saturated rings. The SMILES string of the molecule is COCCCCCS(=O)(=O)Nc1cccc(C(=O)CCNC(=O)O)c1. The van der Waals surface area contributed by atoms with Crippen molar-refractivity contribution in [2.24, 2.45) is 0 Å². The standard InChI is InChI=1S/C16H24N2O6S/c1-24-10-3-2-4-11-25(22,23)18-14-7-5-6-13(12-14)15(19)8-9-17-16(20)21/h5-7,12,17-18H,2-4,8-11H2,1H3,(H,20,21). The number of methoxy groups -OCH3 is 1. The van der Waals surface area contributed by atoms with Gasteiger partial charge in [-0.25, -0.2) is 13.2 Å². The van der Waals surface area contributed by atoms with Crippen molar-refractivity contribution in [1.82, 2.24) is 5.32 Å². The topological polar surface area (TPSA) is 122 Å². The van der Waals surface area contributed by atoms with Gasteiger partial charge in [-0.05, 0) is 25.0 Å². The fourth-order valence-corrected chi connectivity index (χ4v) is 3.30. The summed E-state index contributed by atoms with van der Waals surface area (Å²) in [6.45, 7) is 0.611. The van der Waals surface area contributed by atoms with Crippen molar-refractivity contribution in [3.63, 3.8) is 0 Å². The van der Waals surface area contributed by atoms with Gasteiger partial charge in [-0.3, -0.25) is 9.52 Å². The third kappa shape index (κ3) is 9.06. The number of hydrogen-bond acceptors (Lipinski definition) is 5. The van der Waals surface area contributed by atoms with Crippen molar-refractivity contribution in [3.8, 4) is 0 Å². The number of sulfonamides is 1. The van der Waals surface area contributed by atoms with E-state index in [1.807, 2.05) is 0 Å². The van der Waals surface area contributed by atoms with Crippen LogP contribution < -0.4 is 10.0 Å². The molecule has 140 valence electrons. The van der Waals surface area contributed by atoms with Crippen molar-refractivity contribution < 1.29 is 27.9 Å². The van der Waals surface area contributed by atoms with Crippen LogP contribution in [0.25, 0.3) is 0 Å². The number of hydrogen-bond donors (Lipinski definition) is 3. The van der Waals surface area contributed by atoms with Crippen molar-refractivity contribution in [1.29, 1.82) is 0 Å². The van der Waals surface area contributed by atoms with Crippen LogP contribution in [0.1, 0.15) is 36.0 Å². The number of amides is 1. The van der Waals surface area contributed by atoms with Gasteiger partial charge in [0, 0.05) is 37.9 Å². The molecule has 25 heavy (non-hydrogen) atoms. The van der Waals surface area contributed by atoms with Gasteiger partial charge in [-0.2, -0.15) is 0 Å². The number of carbonyl (C=O) groups is 2. The predicted molar refractivity (Wildman–Crippen MR) is 94.6 cm³/mol. The van der Waals surface area contributed by atoms with E-state index in [-0.39, 0.29) is 24.5 Å². The molecule has 8 nitrogen and oxygen atoms in total. The lowest BCUT2D eigenvalue weighted by molar-refractivity contribution is 0.0983. The van der Waals surface area contributed by atoms with Gasteiger partial charge in [0.05, 0.1) is 5.75 Å². The number of benzene rings is 1. The van der Waals surface area contributed by atoms with Crippen LogP contribution in [0.2, 0.25) is 0 Å². The summed E-state index contributed by atoms with van der Waals surface area (Å²) >= 11 is 0. The zero-order valence-electron chi connectivity index (χ0n) is 14.2. The zero-order chi connectivity index (χ0) is 18.7. The maximum Gasteiger partial charge on any atom is 0.404 e. The number of nitrogens with one attached hydrogen (secondary N) is 2. The first kappa shape index (κ1) is 20.9. The molecule has 0 radical (unpaired) electrons. The monoisotopic (exact) mass is 372 g/mol. The fraction of sp³-hybridized carbons (Fsp3) is 0.500. The minimum absolute atomic E-state index is 0.00199. The van der Waals surface area contributed by atoms with Gasteiger partial charge < -0.3 is 15.2 Å². The lowest BCUT2D eigenvalue weighted by Crippen LogP contribution is -2.23. The Hall–Kier alpha value is -2.13. The van der Waals surface area contributed by atoms with Gasteiger partial charge in [0.1, 0.15) is 0 Å². The summed E-state index contributed by atoms with van der Waals surface area (Å²) in [5, 5.41) is 10.6. The highest BCUT2D eigenvalue weighted by Crippen LogP contribution is 2.14. The summed E-state index contributed by atoms with van der Waals surface area (Å²) < 4.78 is 31.5. The molecule has 1 rings (SSSR count). The van der Waals surface area contributed by atoms with Gasteiger partial charge in [0.25, 0.3) is 0 Å². The van der Waals surface area contributed by atoms with Crippen LogP contribution in [0.15, 0.2) is 24.3 Å². The summed E-state index contributed by atoms with van der Waals surface area (Å²) in [4.78, 5) is 22.4. The smallest absolute Gasteiger partial charge is 0.404 e. The molecular formula is C16H24N2O6S. The second-order valence-corrected chi connectivity index (χ2v) is 7.30. The molecular weight excluding hydrogens is 348 g/mol. The fourth-order valence-electron chi connectivity index (χ4n) is 2.13. The Labute approximate surface area is 147 Å². The normalized spacial score (nSPS) is 11.1. The Morgan fingerprint density at radius 2 is 1.96 bits per heavy atom. The third-order valence-corrected chi connectivity index (χ3v) is 4.72. The van der Waals surface area contributed by atoms with E-state index in [0.717, 1.165) is 12.8 Å². The number of Topliss-reactive ketones (excluding diaryl/α,β-unsaturated/α-hetero) is 1. The molecule has 0 aliphatic rings. The number of anilines is 1. The maximum atomic E-state index is 12.1. The maximum absolute atomic E-state index is 12.1. The van der Waals surface area contributed by atoms with Gasteiger partial charge in [0.2, 0.25) is 10.0 Å². The lowest BCUT2D eigenvalue weighted by atomic mass is 10.1. The number of carboxylic acid groups (broad SMARTS) is 1. The largest absolute Gasteiger partial charge is 0.465 e. The van der Waals surface area contributed by atoms with Crippen molar-refractivity contribution in [2.45, 2.75) is 25.7 Å². The molecule has 1 aromatic carbocycles. The Balaban J connectivity index is 2.56. The van der Waals surface area contributed by atoms with Crippen molar-refractivity contribution >= 4 is 27.6 Å². The molecule has 0 saturated heterocycles. The Morgan fingerprint density at radius 3 is 2.64 bits per heavy atom. The molecule has 0 spiro atoms. The molecule has 1 amide bonds.